The maximum Gasteiger partial charge on any atom is 0.273 e. The number of hydrogen-bond donors (Lipinski definition) is 2. The number of rotatable bonds is 5. The zero-order valence-corrected chi connectivity index (χ0v) is 14.0. The van der Waals surface area contributed by atoms with E-state index in [0.29, 0.717) is 28.4 Å². The van der Waals surface area contributed by atoms with Gasteiger partial charge in [0.2, 0.25) is 0 Å². The molecule has 0 saturated heterocycles. The molecule has 1 aromatic carbocycles. The van der Waals surface area contributed by atoms with Crippen molar-refractivity contribution in [3.8, 4) is 11.5 Å². The molecule has 7 nitrogen and oxygen atoms in total. The third-order valence-electron chi connectivity index (χ3n) is 3.18. The monoisotopic (exact) mass is 332 g/mol. The van der Waals surface area contributed by atoms with E-state index < -0.39 is 11.8 Å². The summed E-state index contributed by atoms with van der Waals surface area (Å²) in [6.45, 7) is 5.45. The van der Waals surface area contributed by atoms with Crippen LogP contribution in [0.2, 0.25) is 0 Å². The number of carbonyl (C=O) groups excluding carboxylic acids is 2. The molecule has 0 aliphatic rings. The Balaban J connectivity index is 2.04. The predicted octanol–water partition coefficient (Wildman–Crippen LogP) is 2.46. The predicted molar refractivity (Wildman–Crippen MR) is 87.1 cm³/mol. The lowest BCUT2D eigenvalue weighted by molar-refractivity contribution is 0.0845. The summed E-state index contributed by atoms with van der Waals surface area (Å²) in [6, 6.07) is 6.31. The van der Waals surface area contributed by atoms with E-state index >= 15 is 0 Å². The van der Waals surface area contributed by atoms with Crippen molar-refractivity contribution in [1.82, 2.24) is 10.9 Å². The zero-order valence-electron chi connectivity index (χ0n) is 14.0. The van der Waals surface area contributed by atoms with E-state index in [9.17, 15) is 9.59 Å². The standard InChI is InChI=1S/C17H20N2O5/c1-10(2)24-14-6-5-12(9-15(14)22-4)16(20)18-19-17(21)13-7-8-23-11(13)3/h5-10H,1-4H3,(H,18,20)(H,19,21). The van der Waals surface area contributed by atoms with Gasteiger partial charge in [-0.05, 0) is 45.0 Å². The van der Waals surface area contributed by atoms with Crippen LogP contribution in [0.15, 0.2) is 34.9 Å². The van der Waals surface area contributed by atoms with Gasteiger partial charge in [-0.3, -0.25) is 20.4 Å². The SMILES string of the molecule is COc1cc(C(=O)NNC(=O)c2ccoc2C)ccc1OC(C)C. The fourth-order valence-corrected chi connectivity index (χ4v) is 2.03. The number of benzene rings is 1. The number of furan rings is 1. The van der Waals surface area contributed by atoms with Crippen molar-refractivity contribution < 1.29 is 23.5 Å². The van der Waals surface area contributed by atoms with Crippen LogP contribution in [0.3, 0.4) is 0 Å². The first-order valence-electron chi connectivity index (χ1n) is 7.42. The number of aryl methyl sites for hydroxylation is 1. The maximum atomic E-state index is 12.2. The Hall–Kier alpha value is -2.96. The Kier molecular flexibility index (Phi) is 5.47. The number of carbonyl (C=O) groups is 2. The van der Waals surface area contributed by atoms with Gasteiger partial charge in [0, 0.05) is 5.56 Å². The summed E-state index contributed by atoms with van der Waals surface area (Å²) in [7, 11) is 1.49. The topological polar surface area (TPSA) is 89.8 Å². The lowest BCUT2D eigenvalue weighted by atomic mass is 10.2. The van der Waals surface area contributed by atoms with Crippen LogP contribution in [0.5, 0.6) is 11.5 Å². The van der Waals surface area contributed by atoms with Gasteiger partial charge in [-0.1, -0.05) is 0 Å². The minimum absolute atomic E-state index is 0.0175. The quantitative estimate of drug-likeness (QED) is 0.821. The van der Waals surface area contributed by atoms with Crippen LogP contribution in [0, 0.1) is 6.92 Å². The van der Waals surface area contributed by atoms with E-state index in [1.807, 2.05) is 13.8 Å². The summed E-state index contributed by atoms with van der Waals surface area (Å²) >= 11 is 0. The normalized spacial score (nSPS) is 10.4. The van der Waals surface area contributed by atoms with Gasteiger partial charge in [-0.2, -0.15) is 0 Å². The van der Waals surface area contributed by atoms with Crippen LogP contribution in [-0.4, -0.2) is 25.0 Å². The van der Waals surface area contributed by atoms with Crippen molar-refractivity contribution in [3.63, 3.8) is 0 Å². The van der Waals surface area contributed by atoms with Crippen molar-refractivity contribution in [3.05, 3.63) is 47.4 Å². The second kappa shape index (κ2) is 7.54. The number of hydrogen-bond acceptors (Lipinski definition) is 5. The fourth-order valence-electron chi connectivity index (χ4n) is 2.03. The summed E-state index contributed by atoms with van der Waals surface area (Å²) in [6.07, 6.45) is 1.39. The minimum Gasteiger partial charge on any atom is -0.493 e. The van der Waals surface area contributed by atoms with E-state index in [4.69, 9.17) is 13.9 Å². The molecule has 0 aliphatic carbocycles. The molecule has 2 N–H and O–H groups in total. The summed E-state index contributed by atoms with van der Waals surface area (Å²) in [4.78, 5) is 24.1. The second-order valence-electron chi connectivity index (χ2n) is 5.33. The van der Waals surface area contributed by atoms with Crippen LogP contribution < -0.4 is 20.3 Å². The van der Waals surface area contributed by atoms with Gasteiger partial charge in [0.05, 0.1) is 25.0 Å². The van der Waals surface area contributed by atoms with E-state index in [2.05, 4.69) is 10.9 Å². The summed E-state index contributed by atoms with van der Waals surface area (Å²) in [5, 5.41) is 0. The average Bonchev–Trinajstić information content (AvgIpc) is 2.98. The Labute approximate surface area is 139 Å². The average molecular weight is 332 g/mol. The highest BCUT2D eigenvalue weighted by Gasteiger charge is 2.15. The lowest BCUT2D eigenvalue weighted by Crippen LogP contribution is -2.41. The maximum absolute atomic E-state index is 12.2. The molecule has 2 amide bonds. The third kappa shape index (κ3) is 4.07. The van der Waals surface area contributed by atoms with Crippen LogP contribution in [0.1, 0.15) is 40.3 Å². The summed E-state index contributed by atoms with van der Waals surface area (Å²) in [5.41, 5.74) is 5.37. The van der Waals surface area contributed by atoms with Crippen molar-refractivity contribution in [2.75, 3.05) is 7.11 Å². The number of nitrogens with one attached hydrogen (secondary N) is 2. The van der Waals surface area contributed by atoms with Crippen LogP contribution in [0.25, 0.3) is 0 Å². The van der Waals surface area contributed by atoms with Crippen molar-refractivity contribution >= 4 is 11.8 Å². The molecular weight excluding hydrogens is 312 g/mol. The van der Waals surface area contributed by atoms with Gasteiger partial charge in [0.25, 0.3) is 11.8 Å². The first-order chi connectivity index (χ1) is 11.4. The molecule has 128 valence electrons. The lowest BCUT2D eigenvalue weighted by Gasteiger charge is -2.14. The Morgan fingerprint density at radius 3 is 2.38 bits per heavy atom. The highest BCUT2D eigenvalue weighted by atomic mass is 16.5. The highest BCUT2D eigenvalue weighted by Crippen LogP contribution is 2.28. The Bertz CT molecular complexity index is 736. The Morgan fingerprint density at radius 1 is 1.08 bits per heavy atom. The van der Waals surface area contributed by atoms with Crippen molar-refractivity contribution in [2.45, 2.75) is 26.9 Å². The fraction of sp³-hybridized carbons (Fsp3) is 0.294. The molecule has 24 heavy (non-hydrogen) atoms. The molecule has 0 unspecified atom stereocenters. The number of amides is 2. The van der Waals surface area contributed by atoms with E-state index in [1.54, 1.807) is 25.1 Å². The summed E-state index contributed by atoms with van der Waals surface area (Å²) < 4.78 is 15.9. The molecule has 0 fully saturated rings. The molecule has 0 spiro atoms. The zero-order chi connectivity index (χ0) is 17.7. The van der Waals surface area contributed by atoms with Crippen molar-refractivity contribution in [1.29, 1.82) is 0 Å². The van der Waals surface area contributed by atoms with Gasteiger partial charge < -0.3 is 13.9 Å². The molecule has 0 atom stereocenters. The van der Waals surface area contributed by atoms with E-state index in [0.717, 1.165) is 0 Å². The van der Waals surface area contributed by atoms with Crippen LogP contribution >= 0.6 is 0 Å². The molecule has 1 heterocycles. The van der Waals surface area contributed by atoms with Gasteiger partial charge in [-0.15, -0.1) is 0 Å². The van der Waals surface area contributed by atoms with Gasteiger partial charge in [0.15, 0.2) is 11.5 Å². The molecule has 0 radical (unpaired) electrons. The van der Waals surface area contributed by atoms with Gasteiger partial charge in [0.1, 0.15) is 5.76 Å². The molecule has 1 aromatic heterocycles. The van der Waals surface area contributed by atoms with Gasteiger partial charge >= 0.3 is 0 Å². The Morgan fingerprint density at radius 2 is 1.79 bits per heavy atom. The molecule has 2 rings (SSSR count). The molecule has 2 aromatic rings. The first kappa shape index (κ1) is 17.4. The van der Waals surface area contributed by atoms with Crippen molar-refractivity contribution in [2.24, 2.45) is 0 Å². The van der Waals surface area contributed by atoms with E-state index in [1.165, 1.54) is 19.4 Å². The smallest absolute Gasteiger partial charge is 0.273 e. The third-order valence-corrected chi connectivity index (χ3v) is 3.18. The largest absolute Gasteiger partial charge is 0.493 e. The molecular formula is C17H20N2O5. The van der Waals surface area contributed by atoms with Crippen LogP contribution in [-0.2, 0) is 0 Å². The number of methoxy groups -OCH3 is 1. The minimum atomic E-state index is -0.473. The molecule has 7 heteroatoms. The molecule has 0 bridgehead atoms. The first-order valence-corrected chi connectivity index (χ1v) is 7.42. The summed E-state index contributed by atoms with van der Waals surface area (Å²) in [5.74, 6) is 0.522. The van der Waals surface area contributed by atoms with E-state index in [-0.39, 0.29) is 6.10 Å². The number of hydrazine groups is 1. The van der Waals surface area contributed by atoms with Crippen LogP contribution in [0.4, 0.5) is 0 Å². The number of ether oxygens (including phenoxy) is 2. The molecule has 0 aliphatic heterocycles. The highest BCUT2D eigenvalue weighted by molar-refractivity contribution is 5.99. The second-order valence-corrected chi connectivity index (χ2v) is 5.33. The molecule has 0 saturated carbocycles. The van der Waals surface area contributed by atoms with Gasteiger partial charge in [-0.25, -0.2) is 0 Å².